The molecule has 111 heavy (non-hydrogen) atoms. The Morgan fingerprint density at radius 2 is 0.874 bits per heavy atom. The standard InChI is InChI=1S/C27H30F3N7O2.C25H26F4N6O3.C23H22F4N6O/c1-17-11-20(25(29)30)21(16-31-17)26(38)34-23-12-19(22(28)13-24(23)36-5-3-35(2)4-6-36)18-14-32-27(33-15-18)37-7-9-39-10-8-37;1-14-9-18(25(27,28)29)17(13-30-14)22(36)32-20-10-15(16-12-31-24(38-4)33-23(16)37-3)19(26)11-21(20)35-7-5-34(2)6-8-35;1-14-7-18(23(25,26)27)17(12-30-14)22(34)31-20-8-16(15-10-28-13-29-11-15)19(24)9-21(20)33-5-3-32(2)4-6-33/h11-16,25,31H,1,3-10H2,2H3,(H,34,38);9-13,30H,1,5-8H2,2-4H3,(H,32,36);7-13,30H,1,3-6H2,2H3,(H,31,34). The number of aromatic nitrogens is 6. The number of amides is 3. The monoisotopic (exact) mass is 1550 g/mol. The first-order chi connectivity index (χ1) is 52.9. The number of nitrogens with one attached hydrogen (secondary N) is 6. The van der Waals surface area contributed by atoms with E-state index in [4.69, 9.17) is 14.2 Å². The molecule has 0 radical (unpaired) electrons. The topological polar surface area (TPSA) is 251 Å². The molecule has 0 unspecified atom stereocenters. The zero-order valence-electron chi connectivity index (χ0n) is 60.8. The van der Waals surface area contributed by atoms with Gasteiger partial charge < -0.3 is 80.4 Å². The predicted octanol–water partition coefficient (Wildman–Crippen LogP) is 9.94. The molecular formula is C75H78F11N19O6. The lowest BCUT2D eigenvalue weighted by Crippen LogP contribution is -2.44. The number of benzene rings is 3. The van der Waals surface area contributed by atoms with E-state index in [9.17, 15) is 49.5 Å². The van der Waals surface area contributed by atoms with Gasteiger partial charge in [0.1, 0.15) is 23.8 Å². The van der Waals surface area contributed by atoms with Gasteiger partial charge in [-0.25, -0.2) is 46.9 Å². The number of carbonyl (C=O) groups is 3. The van der Waals surface area contributed by atoms with Crippen molar-refractivity contribution in [1.82, 2.24) is 60.6 Å². The molecule has 13 rings (SSSR count). The van der Waals surface area contributed by atoms with Gasteiger partial charge in [0.25, 0.3) is 24.1 Å². The van der Waals surface area contributed by atoms with Gasteiger partial charge in [0.2, 0.25) is 11.8 Å². The molecule has 3 amide bonds. The highest BCUT2D eigenvalue weighted by molar-refractivity contribution is 6.11. The molecule has 25 nitrogen and oxygen atoms in total. The van der Waals surface area contributed by atoms with Crippen LogP contribution in [0.5, 0.6) is 11.9 Å². The van der Waals surface area contributed by atoms with Crippen molar-refractivity contribution in [2.75, 3.05) is 176 Å². The largest absolute Gasteiger partial charge is 0.480 e. The van der Waals surface area contributed by atoms with Gasteiger partial charge in [-0.3, -0.25) is 14.4 Å². The molecule has 6 N–H and O–H groups in total. The highest BCUT2D eigenvalue weighted by atomic mass is 19.4. The Hall–Kier alpha value is -11.8. The van der Waals surface area contributed by atoms with Crippen molar-refractivity contribution in [3.63, 3.8) is 0 Å². The predicted molar refractivity (Wildman–Crippen MR) is 397 cm³/mol. The van der Waals surface area contributed by atoms with E-state index in [1.807, 2.05) is 40.7 Å². The van der Waals surface area contributed by atoms with Gasteiger partial charge >= 0.3 is 18.4 Å². The summed E-state index contributed by atoms with van der Waals surface area (Å²) in [5, 5.41) is 15.7. The van der Waals surface area contributed by atoms with Crippen molar-refractivity contribution < 1.29 is 76.9 Å². The molecule has 6 aromatic rings. The SMILES string of the molecule is C=C1C=C(C(F)(F)F)C(C(=O)Nc2cc(-c3cnc(OC)nc3OC)c(F)cc2N2CCN(C)CC2)=CN1.C=C1C=C(C(F)(F)F)C(C(=O)Nc2cc(-c3cncnc3)c(F)cc2N2CCN(C)CC2)=CN1.C=C1C=C(C(F)F)C(C(=O)Nc2cc(-c3cnc(N4CCOCC4)nc3)c(F)cc2N2CCN(C)CC2)=CN1. The first-order valence-electron chi connectivity index (χ1n) is 34.6. The Morgan fingerprint density at radius 1 is 0.486 bits per heavy atom. The number of likely N-dealkylation sites (N-methyl/N-ethyl adjacent to an activating group) is 3. The summed E-state index contributed by atoms with van der Waals surface area (Å²) in [6.45, 7) is 20.7. The summed E-state index contributed by atoms with van der Waals surface area (Å²) < 4.78 is 171. The van der Waals surface area contributed by atoms with Crippen LogP contribution in [-0.2, 0) is 19.1 Å². The Morgan fingerprint density at radius 3 is 1.28 bits per heavy atom. The number of anilines is 7. The van der Waals surface area contributed by atoms with Crippen LogP contribution in [0, 0.1) is 17.5 Å². The maximum atomic E-state index is 15.5. The molecule has 3 aromatic heterocycles. The van der Waals surface area contributed by atoms with Crippen LogP contribution in [0.2, 0.25) is 0 Å². The van der Waals surface area contributed by atoms with E-state index < -0.39 is 81.8 Å². The zero-order valence-corrected chi connectivity index (χ0v) is 60.8. The van der Waals surface area contributed by atoms with Gasteiger partial charge in [-0.05, 0) is 75.8 Å². The lowest BCUT2D eigenvalue weighted by atomic mass is 10.0. The van der Waals surface area contributed by atoms with Gasteiger partial charge in [-0.15, -0.1) is 0 Å². The van der Waals surface area contributed by atoms with Crippen molar-refractivity contribution in [3.05, 3.63) is 198 Å². The number of rotatable bonds is 16. The molecule has 7 aliphatic heterocycles. The van der Waals surface area contributed by atoms with Crippen molar-refractivity contribution in [2.24, 2.45) is 0 Å². The van der Waals surface area contributed by atoms with E-state index >= 15 is 13.2 Å². The third-order valence-electron chi connectivity index (χ3n) is 18.7. The van der Waals surface area contributed by atoms with E-state index in [1.165, 1.54) is 94.1 Å². The fourth-order valence-electron chi connectivity index (χ4n) is 12.6. The molecule has 36 heteroatoms. The fourth-order valence-corrected chi connectivity index (χ4v) is 12.6. The van der Waals surface area contributed by atoms with E-state index in [2.05, 4.69) is 96.2 Å². The summed E-state index contributed by atoms with van der Waals surface area (Å²) in [6, 6.07) is 8.11. The number of piperazine rings is 3. The molecule has 0 aliphatic carbocycles. The lowest BCUT2D eigenvalue weighted by Gasteiger charge is -2.35. The number of alkyl halides is 8. The van der Waals surface area contributed by atoms with Crippen LogP contribution in [0.15, 0.2) is 181 Å². The molecule has 4 saturated heterocycles. The summed E-state index contributed by atoms with van der Waals surface area (Å²) >= 11 is 0. The van der Waals surface area contributed by atoms with E-state index in [0.29, 0.717) is 132 Å². The minimum atomic E-state index is -4.80. The smallest absolute Gasteiger partial charge is 0.417 e. The quantitative estimate of drug-likeness (QED) is 0.0493. The first-order valence-corrected chi connectivity index (χ1v) is 34.6. The van der Waals surface area contributed by atoms with Crippen LogP contribution >= 0.6 is 0 Å². The highest BCUT2D eigenvalue weighted by Gasteiger charge is 2.42. The highest BCUT2D eigenvalue weighted by Crippen LogP contribution is 2.43. The minimum absolute atomic E-state index is 0.00150. The summed E-state index contributed by atoms with van der Waals surface area (Å²) in [4.78, 5) is 78.2. The number of nitrogens with zero attached hydrogens (tertiary/aromatic N) is 13. The molecule has 4 fully saturated rings. The Balaban J connectivity index is 0.000000165. The third kappa shape index (κ3) is 19.5. The van der Waals surface area contributed by atoms with Crippen molar-refractivity contribution in [1.29, 1.82) is 0 Å². The number of dihydropyridines is 3. The van der Waals surface area contributed by atoms with E-state index in [0.717, 1.165) is 43.7 Å². The fraction of sp³-hybridized carbons (Fsp3) is 0.320. The molecule has 0 saturated carbocycles. The number of methoxy groups -OCH3 is 2. The molecule has 0 atom stereocenters. The van der Waals surface area contributed by atoms with Crippen LogP contribution in [0.4, 0.5) is 88.4 Å². The number of carbonyl (C=O) groups excluding carboxylic acids is 3. The van der Waals surface area contributed by atoms with Gasteiger partial charge in [0.05, 0.1) is 95.0 Å². The Labute approximate surface area is 630 Å². The number of morpholine rings is 1. The maximum Gasteiger partial charge on any atom is 0.417 e. The number of ether oxygens (including phenoxy) is 3. The molecule has 0 bridgehead atoms. The molecule has 0 spiro atoms. The summed E-state index contributed by atoms with van der Waals surface area (Å²) in [5.41, 5.74) is -0.887. The van der Waals surface area contributed by atoms with Crippen molar-refractivity contribution in [3.8, 4) is 45.3 Å². The van der Waals surface area contributed by atoms with Crippen LogP contribution < -0.4 is 61.0 Å². The number of allylic oxidation sites excluding steroid dienone is 3. The van der Waals surface area contributed by atoms with Gasteiger partial charge in [-0.2, -0.15) is 31.3 Å². The molecule has 7 aliphatic rings. The molecule has 3 aromatic carbocycles. The number of hydrogen-bond donors (Lipinski definition) is 6. The minimum Gasteiger partial charge on any atom is -0.480 e. The van der Waals surface area contributed by atoms with Crippen LogP contribution in [0.1, 0.15) is 0 Å². The first kappa shape index (κ1) is 80.3. The Kier molecular flexibility index (Phi) is 25.2. The third-order valence-corrected chi connectivity index (χ3v) is 18.7. The molecule has 10 heterocycles. The van der Waals surface area contributed by atoms with Gasteiger partial charge in [0.15, 0.2) is 0 Å². The zero-order chi connectivity index (χ0) is 79.6. The summed E-state index contributed by atoms with van der Waals surface area (Å²) in [7, 11) is 8.60. The van der Waals surface area contributed by atoms with Crippen LogP contribution in [0.3, 0.4) is 0 Å². The second kappa shape index (κ2) is 34.9. The average molecular weight is 1550 g/mol. The molecule has 586 valence electrons. The summed E-state index contributed by atoms with van der Waals surface area (Å²) in [6.07, 6.45) is 1.85. The number of halogens is 11. The average Bonchev–Trinajstić information content (AvgIpc) is 0.738. The van der Waals surface area contributed by atoms with Crippen LogP contribution in [0.25, 0.3) is 33.4 Å². The van der Waals surface area contributed by atoms with Crippen molar-refractivity contribution in [2.45, 2.75) is 18.8 Å². The van der Waals surface area contributed by atoms with Crippen LogP contribution in [-0.4, -0.2) is 221 Å². The lowest BCUT2D eigenvalue weighted by molar-refractivity contribution is -0.115. The van der Waals surface area contributed by atoms with E-state index in [1.54, 1.807) is 0 Å². The molecular weight excluding hydrogens is 1470 g/mol. The normalized spacial score (nSPS) is 17.4. The van der Waals surface area contributed by atoms with Gasteiger partial charge in [0, 0.05) is 192 Å². The van der Waals surface area contributed by atoms with Crippen molar-refractivity contribution >= 4 is 57.8 Å². The Bertz CT molecular complexity index is 4710. The number of hydrogen-bond acceptors (Lipinski definition) is 22. The van der Waals surface area contributed by atoms with E-state index in [-0.39, 0.29) is 68.2 Å². The summed E-state index contributed by atoms with van der Waals surface area (Å²) in [5.74, 6) is -3.95. The second-order valence-electron chi connectivity index (χ2n) is 26.3. The second-order valence-corrected chi connectivity index (χ2v) is 26.3. The maximum absolute atomic E-state index is 15.5. The van der Waals surface area contributed by atoms with Gasteiger partial charge in [-0.1, -0.05) is 19.7 Å².